The third kappa shape index (κ3) is 3.91. The molecule has 1 aliphatic rings. The maximum Gasteiger partial charge on any atom is 0.411 e. The first-order valence-electron chi connectivity index (χ1n) is 9.68. The molecule has 1 unspecified atom stereocenters. The second-order valence-corrected chi connectivity index (χ2v) is 8.04. The highest BCUT2D eigenvalue weighted by Crippen LogP contribution is 2.48. The zero-order valence-electron chi connectivity index (χ0n) is 16.7. The van der Waals surface area contributed by atoms with Crippen LogP contribution in [0.15, 0.2) is 47.3 Å². The van der Waals surface area contributed by atoms with E-state index in [9.17, 15) is 27.9 Å². The number of fused-ring (bicyclic) bond motifs is 1. The highest BCUT2D eigenvalue weighted by atomic mass is 35.5. The summed E-state index contributed by atoms with van der Waals surface area (Å²) in [5.41, 5.74) is -2.03. The van der Waals surface area contributed by atoms with Crippen molar-refractivity contribution in [2.24, 2.45) is 0 Å². The molecule has 2 amide bonds. The van der Waals surface area contributed by atoms with Crippen molar-refractivity contribution >= 4 is 34.2 Å². The molecule has 0 aliphatic heterocycles. The molecule has 32 heavy (non-hydrogen) atoms. The average Bonchev–Trinajstić information content (AvgIpc) is 3.48. The van der Waals surface area contributed by atoms with Gasteiger partial charge in [-0.05, 0) is 50.1 Å². The summed E-state index contributed by atoms with van der Waals surface area (Å²) in [5.74, 6) is 0.0420. The van der Waals surface area contributed by atoms with E-state index in [0.717, 1.165) is 4.57 Å². The maximum atomic E-state index is 13.2. The molecule has 0 spiro atoms. The van der Waals surface area contributed by atoms with Crippen molar-refractivity contribution in [1.82, 2.24) is 14.9 Å². The summed E-state index contributed by atoms with van der Waals surface area (Å²) in [6, 6.07) is 9.65. The third-order valence-corrected chi connectivity index (χ3v) is 5.57. The zero-order valence-corrected chi connectivity index (χ0v) is 17.5. The SMILES string of the molecule is CC(O)c1nc2cccc(Cl)c2c(=O)n1-c1cccc(NC(=O)NC2(C(F)(F)F)CC2)c1. The Morgan fingerprint density at radius 3 is 2.56 bits per heavy atom. The van der Waals surface area contributed by atoms with Crippen molar-refractivity contribution < 1.29 is 23.1 Å². The summed E-state index contributed by atoms with van der Waals surface area (Å²) in [5, 5.41) is 14.9. The smallest absolute Gasteiger partial charge is 0.385 e. The van der Waals surface area contributed by atoms with Crippen LogP contribution in [0.1, 0.15) is 31.7 Å². The fourth-order valence-electron chi connectivity index (χ4n) is 3.44. The molecule has 4 rings (SSSR count). The summed E-state index contributed by atoms with van der Waals surface area (Å²) >= 11 is 6.18. The number of benzene rings is 2. The molecule has 1 fully saturated rings. The number of halogens is 4. The topological polar surface area (TPSA) is 96.2 Å². The molecule has 0 bridgehead atoms. The number of alkyl halides is 3. The van der Waals surface area contributed by atoms with Crippen molar-refractivity contribution in [2.75, 3.05) is 5.32 Å². The van der Waals surface area contributed by atoms with Crippen LogP contribution in [-0.4, -0.2) is 32.4 Å². The monoisotopic (exact) mass is 466 g/mol. The predicted molar refractivity (Wildman–Crippen MR) is 113 cm³/mol. The molecule has 168 valence electrons. The molecule has 0 radical (unpaired) electrons. The van der Waals surface area contributed by atoms with Crippen LogP contribution in [0.3, 0.4) is 0 Å². The number of carbonyl (C=O) groups excluding carboxylic acids is 1. The lowest BCUT2D eigenvalue weighted by Gasteiger charge is -2.21. The lowest BCUT2D eigenvalue weighted by Crippen LogP contribution is -2.49. The Labute approximate surface area is 184 Å². The zero-order chi connectivity index (χ0) is 23.3. The first-order chi connectivity index (χ1) is 15.0. The molecular formula is C21H18ClF3N4O3. The fraction of sp³-hybridized carbons (Fsp3) is 0.286. The van der Waals surface area contributed by atoms with Gasteiger partial charge in [0.25, 0.3) is 5.56 Å². The van der Waals surface area contributed by atoms with E-state index in [2.05, 4.69) is 10.3 Å². The molecule has 0 saturated heterocycles. The number of anilines is 1. The van der Waals surface area contributed by atoms with Crippen LogP contribution in [0.2, 0.25) is 5.02 Å². The second-order valence-electron chi connectivity index (χ2n) is 7.63. The lowest BCUT2D eigenvalue weighted by atomic mass is 10.2. The number of carbonyl (C=O) groups is 1. The summed E-state index contributed by atoms with van der Waals surface area (Å²) in [6.45, 7) is 1.44. The van der Waals surface area contributed by atoms with Gasteiger partial charge in [-0.1, -0.05) is 23.7 Å². The minimum absolute atomic E-state index is 0.0420. The van der Waals surface area contributed by atoms with Crippen molar-refractivity contribution in [2.45, 2.75) is 37.6 Å². The van der Waals surface area contributed by atoms with Gasteiger partial charge in [0.05, 0.1) is 21.6 Å². The van der Waals surface area contributed by atoms with Crippen LogP contribution in [-0.2, 0) is 0 Å². The van der Waals surface area contributed by atoms with E-state index in [-0.39, 0.29) is 40.4 Å². The quantitative estimate of drug-likeness (QED) is 0.534. The number of nitrogens with zero attached hydrogens (tertiary/aromatic N) is 2. The molecule has 1 aliphatic carbocycles. The largest absolute Gasteiger partial charge is 0.411 e. The van der Waals surface area contributed by atoms with Gasteiger partial charge in [0, 0.05) is 5.69 Å². The van der Waals surface area contributed by atoms with E-state index in [0.29, 0.717) is 5.52 Å². The molecule has 3 N–H and O–H groups in total. The van der Waals surface area contributed by atoms with Crippen LogP contribution in [0.25, 0.3) is 16.6 Å². The Balaban J connectivity index is 1.71. The van der Waals surface area contributed by atoms with Crippen LogP contribution in [0.4, 0.5) is 23.7 Å². The van der Waals surface area contributed by atoms with Crippen LogP contribution in [0, 0.1) is 0 Å². The van der Waals surface area contributed by atoms with Gasteiger partial charge in [-0.25, -0.2) is 9.78 Å². The Kier molecular flexibility index (Phi) is 5.38. The number of urea groups is 1. The van der Waals surface area contributed by atoms with Crippen molar-refractivity contribution in [3.05, 3.63) is 63.7 Å². The van der Waals surface area contributed by atoms with Crippen LogP contribution < -0.4 is 16.2 Å². The normalized spacial score (nSPS) is 15.9. The highest BCUT2D eigenvalue weighted by molar-refractivity contribution is 6.35. The molecule has 7 nitrogen and oxygen atoms in total. The summed E-state index contributed by atoms with van der Waals surface area (Å²) in [4.78, 5) is 29.7. The van der Waals surface area contributed by atoms with Gasteiger partial charge in [-0.3, -0.25) is 9.36 Å². The van der Waals surface area contributed by atoms with E-state index >= 15 is 0 Å². The molecule has 11 heteroatoms. The van der Waals surface area contributed by atoms with Gasteiger partial charge in [-0.2, -0.15) is 13.2 Å². The number of aromatic nitrogens is 2. The Bertz CT molecular complexity index is 1270. The van der Waals surface area contributed by atoms with Crippen LogP contribution >= 0.6 is 11.6 Å². The number of aliphatic hydroxyl groups is 1. The first-order valence-corrected chi connectivity index (χ1v) is 10.1. The average molecular weight is 467 g/mol. The first kappa shape index (κ1) is 22.1. The molecule has 1 saturated carbocycles. The van der Waals surface area contributed by atoms with Crippen molar-refractivity contribution in [3.8, 4) is 5.69 Å². The second kappa shape index (κ2) is 7.79. The van der Waals surface area contributed by atoms with Gasteiger partial charge >= 0.3 is 12.2 Å². The Morgan fingerprint density at radius 2 is 1.94 bits per heavy atom. The van der Waals surface area contributed by atoms with E-state index in [4.69, 9.17) is 11.6 Å². The predicted octanol–water partition coefficient (Wildman–Crippen LogP) is 4.31. The van der Waals surface area contributed by atoms with Crippen LogP contribution in [0.5, 0.6) is 0 Å². The Hall–Kier alpha value is -3.11. The standard InChI is InChI=1S/C21H18ClF3N4O3/c1-11(30)17-27-15-7-3-6-14(22)16(15)18(31)29(17)13-5-2-4-12(10-13)26-19(32)28-20(8-9-20)21(23,24)25/h2-7,10-11,30H,8-9H2,1H3,(H2,26,28,32). The summed E-state index contributed by atoms with van der Waals surface area (Å²) < 4.78 is 40.4. The van der Waals surface area contributed by atoms with Gasteiger partial charge in [0.1, 0.15) is 17.5 Å². The number of amides is 2. The number of aliphatic hydroxyl groups excluding tert-OH is 1. The highest BCUT2D eigenvalue weighted by Gasteiger charge is 2.64. The molecule has 1 aromatic heterocycles. The lowest BCUT2D eigenvalue weighted by molar-refractivity contribution is -0.162. The molecule has 1 atom stereocenters. The third-order valence-electron chi connectivity index (χ3n) is 5.25. The van der Waals surface area contributed by atoms with E-state index in [1.165, 1.54) is 31.2 Å². The number of hydrogen-bond acceptors (Lipinski definition) is 4. The number of hydrogen-bond donors (Lipinski definition) is 3. The van der Waals surface area contributed by atoms with Gasteiger partial charge < -0.3 is 15.7 Å². The molecular weight excluding hydrogens is 449 g/mol. The maximum absolute atomic E-state index is 13.2. The minimum atomic E-state index is -4.54. The summed E-state index contributed by atoms with van der Waals surface area (Å²) in [7, 11) is 0. The van der Waals surface area contributed by atoms with Crippen molar-refractivity contribution in [1.29, 1.82) is 0 Å². The van der Waals surface area contributed by atoms with E-state index in [1.54, 1.807) is 18.2 Å². The van der Waals surface area contributed by atoms with E-state index < -0.39 is 29.4 Å². The molecule has 1 heterocycles. The number of nitrogens with one attached hydrogen (secondary N) is 2. The van der Waals surface area contributed by atoms with Gasteiger partial charge in [0.2, 0.25) is 0 Å². The van der Waals surface area contributed by atoms with Crippen molar-refractivity contribution in [3.63, 3.8) is 0 Å². The summed E-state index contributed by atoms with van der Waals surface area (Å²) in [6.07, 6.45) is -6.02. The Morgan fingerprint density at radius 1 is 1.25 bits per heavy atom. The van der Waals surface area contributed by atoms with E-state index in [1.807, 2.05) is 5.32 Å². The minimum Gasteiger partial charge on any atom is -0.385 e. The number of rotatable bonds is 4. The molecule has 3 aromatic rings. The van der Waals surface area contributed by atoms with Gasteiger partial charge in [-0.15, -0.1) is 0 Å². The van der Waals surface area contributed by atoms with Gasteiger partial charge in [0.15, 0.2) is 0 Å². The fourth-order valence-corrected chi connectivity index (χ4v) is 3.69. The molecule has 2 aromatic carbocycles.